The number of nitrogens with one attached hydrogen (secondary N) is 2. The minimum atomic E-state index is -0.614. The number of aromatic amines is 1. The molecule has 0 radical (unpaired) electrons. The summed E-state index contributed by atoms with van der Waals surface area (Å²) >= 11 is 3.40. The lowest BCUT2D eigenvalue weighted by Gasteiger charge is -2.14. The third kappa shape index (κ3) is 4.05. The van der Waals surface area contributed by atoms with Gasteiger partial charge in [-0.15, -0.1) is 0 Å². The van der Waals surface area contributed by atoms with E-state index in [9.17, 15) is 9.18 Å². The molecule has 0 spiro atoms. The zero-order valence-corrected chi connectivity index (χ0v) is 19.2. The first-order chi connectivity index (χ1) is 15.9. The number of nitrogens with zero attached hydrogens (tertiary/aromatic N) is 4. The van der Waals surface area contributed by atoms with Crippen LogP contribution in [0.15, 0.2) is 59.3 Å². The first-order valence-corrected chi connectivity index (χ1v) is 10.9. The van der Waals surface area contributed by atoms with E-state index in [1.54, 1.807) is 24.0 Å². The number of amides is 1. The zero-order valence-electron chi connectivity index (χ0n) is 17.6. The number of rotatable bonds is 4. The molecule has 2 aromatic carbocycles. The van der Waals surface area contributed by atoms with Crippen molar-refractivity contribution < 1.29 is 13.9 Å². The Bertz CT molecular complexity index is 1490. The Labute approximate surface area is 195 Å². The fraction of sp³-hybridized carbons (Fsp3) is 0.130. The van der Waals surface area contributed by atoms with E-state index < -0.39 is 6.09 Å². The highest BCUT2D eigenvalue weighted by Crippen LogP contribution is 2.30. The lowest BCUT2D eigenvalue weighted by Crippen LogP contribution is -2.29. The maximum atomic E-state index is 13.7. The van der Waals surface area contributed by atoms with Crippen LogP contribution in [0.4, 0.5) is 9.18 Å². The molecule has 5 aromatic rings. The number of aryl methyl sites for hydroxylation is 1. The smallest absolute Gasteiger partial charge is 0.406 e. The van der Waals surface area contributed by atoms with Crippen molar-refractivity contribution in [1.29, 1.82) is 0 Å². The number of hydrogen-bond acceptors (Lipinski definition) is 5. The first kappa shape index (κ1) is 21.1. The normalized spacial score (nSPS) is 12.2. The molecule has 0 saturated heterocycles. The number of benzene rings is 2. The monoisotopic (exact) mass is 508 g/mol. The highest BCUT2D eigenvalue weighted by atomic mass is 79.9. The van der Waals surface area contributed by atoms with Crippen LogP contribution in [0.2, 0.25) is 0 Å². The van der Waals surface area contributed by atoms with E-state index in [4.69, 9.17) is 4.74 Å². The van der Waals surface area contributed by atoms with Crippen LogP contribution in [0.3, 0.4) is 0 Å². The molecule has 8 nitrogen and oxygen atoms in total. The largest absolute Gasteiger partial charge is 0.413 e. The Balaban J connectivity index is 1.42. The van der Waals surface area contributed by atoms with E-state index in [-0.39, 0.29) is 17.6 Å². The molecule has 5 rings (SSSR count). The molecule has 1 atom stereocenters. The number of ether oxygens (including phenoxy) is 1. The molecule has 0 aliphatic rings. The molecule has 0 unspecified atom stereocenters. The van der Waals surface area contributed by atoms with Crippen LogP contribution >= 0.6 is 15.9 Å². The molecule has 0 saturated carbocycles. The Kier molecular flexibility index (Phi) is 5.29. The van der Waals surface area contributed by atoms with E-state index >= 15 is 0 Å². The van der Waals surface area contributed by atoms with Crippen LogP contribution in [-0.4, -0.2) is 30.8 Å². The van der Waals surface area contributed by atoms with Gasteiger partial charge in [-0.2, -0.15) is 5.10 Å². The summed E-state index contributed by atoms with van der Waals surface area (Å²) in [5.41, 5.74) is 3.47. The Morgan fingerprint density at radius 1 is 1.24 bits per heavy atom. The second-order valence-electron chi connectivity index (χ2n) is 7.55. The number of H-pyrrole nitrogens is 1. The quantitative estimate of drug-likeness (QED) is 0.345. The lowest BCUT2D eigenvalue weighted by atomic mass is 10.1. The van der Waals surface area contributed by atoms with Crippen LogP contribution in [0.5, 0.6) is 5.75 Å². The fourth-order valence-electron chi connectivity index (χ4n) is 3.62. The molecule has 1 amide bonds. The summed E-state index contributed by atoms with van der Waals surface area (Å²) in [5.74, 6) is -0.102. The molecule has 3 aromatic heterocycles. The highest BCUT2D eigenvalue weighted by Gasteiger charge is 2.18. The fourth-order valence-corrected chi connectivity index (χ4v) is 3.89. The molecule has 2 N–H and O–H groups in total. The van der Waals surface area contributed by atoms with Crippen molar-refractivity contribution in [1.82, 2.24) is 30.0 Å². The summed E-state index contributed by atoms with van der Waals surface area (Å²) in [4.78, 5) is 24.5. The number of fused-ring (bicyclic) bond motifs is 2. The van der Waals surface area contributed by atoms with Crippen molar-refractivity contribution in [3.8, 4) is 17.1 Å². The van der Waals surface area contributed by atoms with E-state index in [1.807, 2.05) is 31.2 Å². The molecule has 33 heavy (non-hydrogen) atoms. The minimum absolute atomic E-state index is 0.242. The van der Waals surface area contributed by atoms with Gasteiger partial charge in [-0.05, 0) is 42.8 Å². The lowest BCUT2D eigenvalue weighted by molar-refractivity contribution is 0.197. The van der Waals surface area contributed by atoms with Crippen LogP contribution in [0, 0.1) is 5.82 Å². The van der Waals surface area contributed by atoms with Gasteiger partial charge in [0.15, 0.2) is 16.9 Å². The van der Waals surface area contributed by atoms with E-state index in [0.29, 0.717) is 28.1 Å². The van der Waals surface area contributed by atoms with Gasteiger partial charge in [0.2, 0.25) is 0 Å². The Hall–Kier alpha value is -3.79. The molecule has 0 aliphatic heterocycles. The standard InChI is InChI=1S/C23H18BrFN6O2/c1-12(13-3-5-14(24)6-4-13)28-23(32)33-19-11-27-22-21(19)29-17(10-26-22)20-16-8-7-15(25)9-18(16)31(2)30-20/h3-12H,1-2H3,(H,26,27)(H,28,32)/t12-/m1/s1. The van der Waals surface area contributed by atoms with E-state index in [1.165, 1.54) is 18.3 Å². The predicted molar refractivity (Wildman–Crippen MR) is 125 cm³/mol. The van der Waals surface area contributed by atoms with Gasteiger partial charge >= 0.3 is 6.09 Å². The molecule has 3 heterocycles. The summed E-state index contributed by atoms with van der Waals surface area (Å²) in [5, 5.41) is 8.03. The number of halogens is 2. The summed E-state index contributed by atoms with van der Waals surface area (Å²) < 4.78 is 21.7. The maximum Gasteiger partial charge on any atom is 0.413 e. The molecule has 0 bridgehead atoms. The number of hydrogen-bond donors (Lipinski definition) is 2. The third-order valence-corrected chi connectivity index (χ3v) is 5.84. The molecular weight excluding hydrogens is 491 g/mol. The number of carbonyl (C=O) groups is 1. The second kappa shape index (κ2) is 8.28. The van der Waals surface area contributed by atoms with Gasteiger partial charge in [-0.1, -0.05) is 28.1 Å². The maximum absolute atomic E-state index is 13.7. The van der Waals surface area contributed by atoms with Crippen molar-refractivity contribution in [2.45, 2.75) is 13.0 Å². The summed E-state index contributed by atoms with van der Waals surface area (Å²) in [6.45, 7) is 1.87. The minimum Gasteiger partial charge on any atom is -0.406 e. The Morgan fingerprint density at radius 3 is 2.82 bits per heavy atom. The van der Waals surface area contributed by atoms with Crippen molar-refractivity contribution in [2.24, 2.45) is 7.05 Å². The second-order valence-corrected chi connectivity index (χ2v) is 8.46. The zero-order chi connectivity index (χ0) is 23.1. The van der Waals surface area contributed by atoms with Crippen LogP contribution in [0.1, 0.15) is 18.5 Å². The molecule has 0 aliphatic carbocycles. The van der Waals surface area contributed by atoms with Crippen LogP contribution in [0.25, 0.3) is 33.5 Å². The summed E-state index contributed by atoms with van der Waals surface area (Å²) in [6, 6.07) is 11.8. The van der Waals surface area contributed by atoms with Gasteiger partial charge in [-0.3, -0.25) is 4.68 Å². The topological polar surface area (TPSA) is 97.7 Å². The van der Waals surface area contributed by atoms with Crippen LogP contribution < -0.4 is 10.1 Å². The SMILES string of the molecule is C[C@@H](NC(=O)Oc1c[nH]c2ncc(-c3nn(C)c4cc(F)ccc34)nc12)c1ccc(Br)cc1. The van der Waals surface area contributed by atoms with Gasteiger partial charge in [-0.25, -0.2) is 19.2 Å². The highest BCUT2D eigenvalue weighted by molar-refractivity contribution is 9.10. The number of carbonyl (C=O) groups excluding carboxylic acids is 1. The van der Waals surface area contributed by atoms with E-state index in [2.05, 4.69) is 41.3 Å². The summed E-state index contributed by atoms with van der Waals surface area (Å²) in [6.07, 6.45) is 2.49. The number of aromatic nitrogens is 5. The van der Waals surface area contributed by atoms with Gasteiger partial charge < -0.3 is 15.0 Å². The van der Waals surface area contributed by atoms with E-state index in [0.717, 1.165) is 15.4 Å². The van der Waals surface area contributed by atoms with Gasteiger partial charge in [0, 0.05) is 23.1 Å². The van der Waals surface area contributed by atoms with Crippen LogP contribution in [-0.2, 0) is 7.05 Å². The van der Waals surface area contributed by atoms with Crippen molar-refractivity contribution in [3.05, 3.63) is 70.7 Å². The van der Waals surface area contributed by atoms with Gasteiger partial charge in [0.1, 0.15) is 17.2 Å². The average Bonchev–Trinajstić information content (AvgIpc) is 3.34. The molecule has 10 heteroatoms. The third-order valence-electron chi connectivity index (χ3n) is 5.31. The first-order valence-electron chi connectivity index (χ1n) is 10.1. The predicted octanol–water partition coefficient (Wildman–Crippen LogP) is 5.26. The van der Waals surface area contributed by atoms with Crippen molar-refractivity contribution >= 4 is 44.1 Å². The molecule has 0 fully saturated rings. The van der Waals surface area contributed by atoms with Crippen molar-refractivity contribution in [3.63, 3.8) is 0 Å². The van der Waals surface area contributed by atoms with Crippen molar-refractivity contribution in [2.75, 3.05) is 0 Å². The van der Waals surface area contributed by atoms with Gasteiger partial charge in [0.25, 0.3) is 0 Å². The van der Waals surface area contributed by atoms with Gasteiger partial charge in [0.05, 0.1) is 17.8 Å². The Morgan fingerprint density at radius 2 is 2.03 bits per heavy atom. The average molecular weight is 509 g/mol. The molecule has 166 valence electrons. The molecular formula is C23H18BrFN6O2. The summed E-state index contributed by atoms with van der Waals surface area (Å²) in [7, 11) is 1.74.